The van der Waals surface area contributed by atoms with Crippen molar-refractivity contribution in [2.45, 2.75) is 116 Å². The van der Waals surface area contributed by atoms with Crippen LogP contribution in [0.4, 0.5) is 4.39 Å². The number of halogens is 1. The van der Waals surface area contributed by atoms with Gasteiger partial charge in [0, 0.05) is 10.8 Å². The summed E-state index contributed by atoms with van der Waals surface area (Å²) in [6.45, 7) is 4.45. The minimum absolute atomic E-state index is 0.237. The Morgan fingerprint density at radius 2 is 1.49 bits per heavy atom. The van der Waals surface area contributed by atoms with E-state index in [0.717, 1.165) is 53.3 Å². The van der Waals surface area contributed by atoms with Crippen LogP contribution in [0.3, 0.4) is 0 Å². The normalized spacial score (nSPS) is 18.5. The van der Waals surface area contributed by atoms with Crippen molar-refractivity contribution in [1.29, 1.82) is 0 Å². The zero-order valence-electron chi connectivity index (χ0n) is 21.8. The van der Waals surface area contributed by atoms with Crippen LogP contribution in [0.25, 0.3) is 21.7 Å². The van der Waals surface area contributed by atoms with Gasteiger partial charge in [0.2, 0.25) is 0 Å². The van der Waals surface area contributed by atoms with E-state index in [1.165, 1.54) is 76.2 Å². The molecule has 0 atom stereocenters. The summed E-state index contributed by atoms with van der Waals surface area (Å²) in [7, 11) is 0. The van der Waals surface area contributed by atoms with Gasteiger partial charge >= 0.3 is 0 Å². The van der Waals surface area contributed by atoms with E-state index in [4.69, 9.17) is 16.6 Å². The fraction of sp³-hybridized carbons (Fsp3) is 0.594. The van der Waals surface area contributed by atoms with E-state index in [9.17, 15) is 0 Å². The molecule has 1 aliphatic rings. The van der Waals surface area contributed by atoms with Crippen molar-refractivity contribution in [3.8, 4) is 0 Å². The van der Waals surface area contributed by atoms with E-state index in [-0.39, 0.29) is 5.82 Å². The van der Waals surface area contributed by atoms with Crippen molar-refractivity contribution in [1.82, 2.24) is 0 Å². The predicted octanol–water partition coefficient (Wildman–Crippen LogP) is 11.2. The van der Waals surface area contributed by atoms with Gasteiger partial charge in [0.25, 0.3) is 0 Å². The van der Waals surface area contributed by atoms with Crippen LogP contribution in [-0.2, 0) is 6.42 Å². The fourth-order valence-corrected chi connectivity index (χ4v) is 6.28. The third-order valence-corrected chi connectivity index (χ3v) is 8.56. The maximum absolute atomic E-state index is 15.2. The first-order valence-electron chi connectivity index (χ1n) is 14.3. The van der Waals surface area contributed by atoms with Gasteiger partial charge in [-0.05, 0) is 85.2 Å². The summed E-state index contributed by atoms with van der Waals surface area (Å²) in [4.78, 5) is 0. The number of unbranched alkanes of at least 4 members (excludes halogenated alkanes) is 7. The smallest absolute Gasteiger partial charge is 0.198 e. The maximum Gasteiger partial charge on any atom is 0.198 e. The molecule has 0 unspecified atom stereocenters. The topological polar surface area (TPSA) is 13.1 Å². The number of benzene rings is 2. The lowest BCUT2D eigenvalue weighted by Crippen LogP contribution is -2.13. The molecule has 35 heavy (non-hydrogen) atoms. The molecule has 1 heterocycles. The third kappa shape index (κ3) is 6.53. The molecule has 0 spiro atoms. The molecular formula is C32H43FOS. The molecule has 1 aromatic heterocycles. The van der Waals surface area contributed by atoms with Crippen molar-refractivity contribution in [2.75, 3.05) is 0 Å². The molecule has 2 aromatic carbocycles. The van der Waals surface area contributed by atoms with Crippen LogP contribution < -0.4 is 0 Å². The van der Waals surface area contributed by atoms with Crippen molar-refractivity contribution in [3.63, 3.8) is 0 Å². The van der Waals surface area contributed by atoms with Crippen LogP contribution in [0.1, 0.15) is 121 Å². The molecular weight excluding hydrogens is 451 g/mol. The van der Waals surface area contributed by atoms with Gasteiger partial charge in [-0.3, -0.25) is 0 Å². The average Bonchev–Trinajstić information content (AvgIpc) is 2.88. The van der Waals surface area contributed by atoms with Crippen LogP contribution in [0.2, 0.25) is 0 Å². The molecule has 3 heteroatoms. The summed E-state index contributed by atoms with van der Waals surface area (Å²) in [5.74, 6) is 1.27. The molecule has 3 aromatic rings. The summed E-state index contributed by atoms with van der Waals surface area (Å²) in [6, 6.07) is 10.6. The number of rotatable bonds is 12. The highest BCUT2D eigenvalue weighted by molar-refractivity contribution is 7.71. The highest BCUT2D eigenvalue weighted by atomic mass is 32.1. The van der Waals surface area contributed by atoms with Gasteiger partial charge in [-0.15, -0.1) is 0 Å². The Morgan fingerprint density at radius 3 is 2.26 bits per heavy atom. The molecule has 0 amide bonds. The van der Waals surface area contributed by atoms with Crippen molar-refractivity contribution < 1.29 is 8.81 Å². The molecule has 4 rings (SSSR count). The number of hydrogen-bond acceptors (Lipinski definition) is 2. The molecule has 0 radical (unpaired) electrons. The molecule has 1 fully saturated rings. The van der Waals surface area contributed by atoms with Crippen LogP contribution in [0.5, 0.6) is 0 Å². The number of hydrogen-bond donors (Lipinski definition) is 0. The lowest BCUT2D eigenvalue weighted by atomic mass is 9.76. The first-order chi connectivity index (χ1) is 17.1. The predicted molar refractivity (Wildman–Crippen MR) is 150 cm³/mol. The van der Waals surface area contributed by atoms with Gasteiger partial charge in [-0.25, -0.2) is 4.39 Å². The molecule has 0 aliphatic heterocycles. The SMILES string of the molecule is CCCCCCCCC1CCC(c2ccc3c(c2)c(=S)oc2c(F)c(CCCCC)ccc23)CC1. The lowest BCUT2D eigenvalue weighted by Gasteiger charge is -2.29. The summed E-state index contributed by atoms with van der Waals surface area (Å²) in [6.07, 6.45) is 18.9. The number of fused-ring (bicyclic) bond motifs is 3. The van der Waals surface area contributed by atoms with E-state index in [0.29, 0.717) is 16.2 Å². The molecule has 0 bridgehead atoms. The van der Waals surface area contributed by atoms with Gasteiger partial charge in [0.05, 0.1) is 0 Å². The van der Waals surface area contributed by atoms with Gasteiger partial charge in [0.15, 0.2) is 16.1 Å². The number of aryl methyl sites for hydroxylation is 1. The van der Waals surface area contributed by atoms with E-state index >= 15 is 4.39 Å². The molecule has 0 saturated heterocycles. The second kappa shape index (κ2) is 13.0. The highest BCUT2D eigenvalue weighted by Gasteiger charge is 2.23. The minimum Gasteiger partial charge on any atom is -0.441 e. The zero-order chi connectivity index (χ0) is 24.6. The zero-order valence-corrected chi connectivity index (χ0v) is 22.7. The van der Waals surface area contributed by atoms with E-state index in [1.807, 2.05) is 12.1 Å². The summed E-state index contributed by atoms with van der Waals surface area (Å²) in [5, 5.41) is 2.80. The molecule has 1 saturated carbocycles. The van der Waals surface area contributed by atoms with Gasteiger partial charge in [0.1, 0.15) is 0 Å². The molecule has 190 valence electrons. The quantitative estimate of drug-likeness (QED) is 0.141. The average molecular weight is 495 g/mol. The fourth-order valence-electron chi connectivity index (χ4n) is 6.03. The summed E-state index contributed by atoms with van der Waals surface area (Å²) < 4.78 is 21.6. The molecule has 1 aliphatic carbocycles. The minimum atomic E-state index is -0.237. The molecule has 1 nitrogen and oxygen atoms in total. The Labute approximate surface area is 216 Å². The first kappa shape index (κ1) is 26.3. The Balaban J connectivity index is 1.43. The lowest BCUT2D eigenvalue weighted by molar-refractivity contribution is 0.302. The highest BCUT2D eigenvalue weighted by Crippen LogP contribution is 2.40. The standard InChI is InChI=1S/C32H43FOS/c1-3-5-7-8-9-11-12-23-14-16-24(17-15-23)26-19-20-27-28-21-18-25(13-10-6-4-2)30(33)31(28)34-32(35)29(27)22-26/h18-24H,3-17H2,1-2H3. The van der Waals surface area contributed by atoms with Crippen molar-refractivity contribution in [2.24, 2.45) is 5.92 Å². The van der Waals surface area contributed by atoms with E-state index < -0.39 is 0 Å². The van der Waals surface area contributed by atoms with Gasteiger partial charge in [-0.2, -0.15) is 0 Å². The second-order valence-electron chi connectivity index (χ2n) is 10.8. The van der Waals surface area contributed by atoms with Crippen LogP contribution in [0.15, 0.2) is 34.7 Å². The monoisotopic (exact) mass is 494 g/mol. The third-order valence-electron chi connectivity index (χ3n) is 8.26. The Hall–Kier alpha value is -1.74. The van der Waals surface area contributed by atoms with E-state index in [2.05, 4.69) is 32.0 Å². The van der Waals surface area contributed by atoms with Crippen LogP contribution in [-0.4, -0.2) is 0 Å². The van der Waals surface area contributed by atoms with Crippen LogP contribution in [0, 0.1) is 16.4 Å². The van der Waals surface area contributed by atoms with Crippen LogP contribution >= 0.6 is 12.2 Å². The van der Waals surface area contributed by atoms with E-state index in [1.54, 1.807) is 0 Å². The first-order valence-corrected chi connectivity index (χ1v) is 14.7. The Bertz CT molecular complexity index is 1160. The maximum atomic E-state index is 15.2. The van der Waals surface area contributed by atoms with Crippen molar-refractivity contribution >= 4 is 34.0 Å². The largest absolute Gasteiger partial charge is 0.441 e. The molecule has 0 N–H and O–H groups in total. The Morgan fingerprint density at radius 1 is 0.800 bits per heavy atom. The summed E-state index contributed by atoms with van der Waals surface area (Å²) in [5.41, 5.74) is 2.42. The van der Waals surface area contributed by atoms with Gasteiger partial charge in [-0.1, -0.05) is 95.9 Å². The van der Waals surface area contributed by atoms with Crippen molar-refractivity contribution in [3.05, 3.63) is 52.0 Å². The van der Waals surface area contributed by atoms with Gasteiger partial charge < -0.3 is 4.42 Å². The summed E-state index contributed by atoms with van der Waals surface area (Å²) >= 11 is 5.62. The Kier molecular flexibility index (Phi) is 9.77. The second-order valence-corrected chi connectivity index (χ2v) is 11.2.